The highest BCUT2D eigenvalue weighted by Gasteiger charge is 2.02. The van der Waals surface area contributed by atoms with Crippen molar-refractivity contribution in [1.82, 2.24) is 0 Å². The number of hydrogen-bond acceptors (Lipinski definition) is 2. The molecule has 0 aliphatic heterocycles. The summed E-state index contributed by atoms with van der Waals surface area (Å²) in [6, 6.07) is 6.76. The average molecular weight is 175 g/mol. The van der Waals surface area contributed by atoms with Gasteiger partial charge in [-0.2, -0.15) is 0 Å². The summed E-state index contributed by atoms with van der Waals surface area (Å²) in [5.41, 5.74) is 6.75. The normalized spacial score (nSPS) is 8.85. The van der Waals surface area contributed by atoms with Gasteiger partial charge in [-0.25, -0.2) is 6.57 Å². The second-order valence-electron chi connectivity index (χ2n) is 2.49. The Bertz CT molecular complexity index is 337. The summed E-state index contributed by atoms with van der Waals surface area (Å²) < 4.78 is 0. The number of rotatable bonds is 2. The SMILES string of the molecule is [C-]#[N+]CC(=O)Nc1ccc(N)cc1. The zero-order valence-electron chi connectivity index (χ0n) is 6.95. The van der Waals surface area contributed by atoms with E-state index in [0.29, 0.717) is 11.4 Å². The number of hydrogen-bond donors (Lipinski definition) is 2. The standard InChI is InChI=1S/C9H9N3O/c1-11-6-9(13)12-8-4-2-7(10)3-5-8/h2-5H,6,10H2,(H,12,13). The summed E-state index contributed by atoms with van der Waals surface area (Å²) in [6.45, 7) is 6.33. The predicted molar refractivity (Wildman–Crippen MR) is 51.0 cm³/mol. The van der Waals surface area contributed by atoms with Gasteiger partial charge in [0.2, 0.25) is 0 Å². The van der Waals surface area contributed by atoms with Crippen LogP contribution in [0.25, 0.3) is 4.85 Å². The van der Waals surface area contributed by atoms with Gasteiger partial charge in [0.1, 0.15) is 0 Å². The molecule has 3 N–H and O–H groups in total. The number of carbonyl (C=O) groups excluding carboxylic acids is 1. The van der Waals surface area contributed by atoms with E-state index in [4.69, 9.17) is 12.3 Å². The smallest absolute Gasteiger partial charge is 0.304 e. The van der Waals surface area contributed by atoms with Crippen LogP contribution in [0.15, 0.2) is 24.3 Å². The monoisotopic (exact) mass is 175 g/mol. The molecule has 4 heteroatoms. The van der Waals surface area contributed by atoms with Crippen LogP contribution in [-0.4, -0.2) is 12.5 Å². The minimum Gasteiger partial charge on any atom is -0.399 e. The Hall–Kier alpha value is -2.02. The van der Waals surface area contributed by atoms with Crippen LogP contribution < -0.4 is 11.1 Å². The van der Waals surface area contributed by atoms with E-state index in [2.05, 4.69) is 10.2 Å². The van der Waals surface area contributed by atoms with Crippen molar-refractivity contribution in [2.24, 2.45) is 0 Å². The molecule has 0 atom stereocenters. The lowest BCUT2D eigenvalue weighted by Gasteiger charge is -2.00. The number of nitrogen functional groups attached to an aromatic ring is 1. The maximum absolute atomic E-state index is 10.9. The summed E-state index contributed by atoms with van der Waals surface area (Å²) in [5.74, 6) is -0.306. The molecule has 0 aromatic heterocycles. The van der Waals surface area contributed by atoms with Gasteiger partial charge in [-0.05, 0) is 24.3 Å². The van der Waals surface area contributed by atoms with Gasteiger partial charge in [-0.3, -0.25) is 4.79 Å². The molecule has 1 rings (SSSR count). The molecule has 4 nitrogen and oxygen atoms in total. The van der Waals surface area contributed by atoms with Crippen molar-refractivity contribution in [1.29, 1.82) is 0 Å². The number of nitrogens with one attached hydrogen (secondary N) is 1. The summed E-state index contributed by atoms with van der Waals surface area (Å²) >= 11 is 0. The number of amides is 1. The summed E-state index contributed by atoms with van der Waals surface area (Å²) in [6.07, 6.45) is 0. The second-order valence-corrected chi connectivity index (χ2v) is 2.49. The van der Waals surface area contributed by atoms with Crippen LogP contribution in [0.4, 0.5) is 11.4 Å². The molecule has 13 heavy (non-hydrogen) atoms. The third kappa shape index (κ3) is 2.83. The number of nitrogens with zero attached hydrogens (tertiary/aromatic N) is 1. The molecule has 0 saturated heterocycles. The van der Waals surface area contributed by atoms with Crippen LogP contribution in [0.1, 0.15) is 0 Å². The van der Waals surface area contributed by atoms with Crippen LogP contribution in [0, 0.1) is 6.57 Å². The zero-order chi connectivity index (χ0) is 9.68. The van der Waals surface area contributed by atoms with Crippen LogP contribution in [0.3, 0.4) is 0 Å². The Labute approximate surface area is 76.2 Å². The molecule has 1 amide bonds. The van der Waals surface area contributed by atoms with Gasteiger partial charge in [-0.1, -0.05) is 0 Å². The fraction of sp³-hybridized carbons (Fsp3) is 0.111. The Morgan fingerprint density at radius 3 is 2.62 bits per heavy atom. The van der Waals surface area contributed by atoms with Crippen molar-refractivity contribution < 1.29 is 4.79 Å². The molecule has 1 aromatic rings. The van der Waals surface area contributed by atoms with Crippen LogP contribution in [0.5, 0.6) is 0 Å². The first-order valence-corrected chi connectivity index (χ1v) is 3.71. The van der Waals surface area contributed by atoms with Crippen molar-refractivity contribution in [3.8, 4) is 0 Å². The van der Waals surface area contributed by atoms with Crippen molar-refractivity contribution in [3.63, 3.8) is 0 Å². The second kappa shape index (κ2) is 4.12. The third-order valence-corrected chi connectivity index (χ3v) is 1.42. The Morgan fingerprint density at radius 1 is 1.46 bits per heavy atom. The largest absolute Gasteiger partial charge is 0.399 e. The number of anilines is 2. The van der Waals surface area contributed by atoms with E-state index in [0.717, 1.165) is 0 Å². The summed E-state index contributed by atoms with van der Waals surface area (Å²) in [7, 11) is 0. The lowest BCUT2D eigenvalue weighted by molar-refractivity contribution is -0.114. The van der Waals surface area contributed by atoms with E-state index in [1.54, 1.807) is 24.3 Å². The van der Waals surface area contributed by atoms with E-state index in [1.165, 1.54) is 0 Å². The Balaban J connectivity index is 2.60. The maximum Gasteiger partial charge on any atom is 0.304 e. The van der Waals surface area contributed by atoms with Crippen molar-refractivity contribution in [2.45, 2.75) is 0 Å². The average Bonchev–Trinajstić information content (AvgIpc) is 2.09. The highest BCUT2D eigenvalue weighted by atomic mass is 16.1. The molecule has 0 heterocycles. The quantitative estimate of drug-likeness (QED) is 0.522. The molecule has 1 aromatic carbocycles. The minimum atomic E-state index is -0.306. The van der Waals surface area contributed by atoms with Gasteiger partial charge in [0.05, 0.1) is 0 Å². The first kappa shape index (κ1) is 9.07. The fourth-order valence-corrected chi connectivity index (χ4v) is 0.839. The molecule has 0 radical (unpaired) electrons. The van der Waals surface area contributed by atoms with Gasteiger partial charge in [-0.15, -0.1) is 0 Å². The first-order chi connectivity index (χ1) is 6.22. The van der Waals surface area contributed by atoms with Gasteiger partial charge < -0.3 is 15.9 Å². The van der Waals surface area contributed by atoms with E-state index >= 15 is 0 Å². The van der Waals surface area contributed by atoms with Crippen LogP contribution >= 0.6 is 0 Å². The van der Waals surface area contributed by atoms with Crippen molar-refractivity contribution in [3.05, 3.63) is 35.7 Å². The molecule has 0 saturated carbocycles. The van der Waals surface area contributed by atoms with E-state index < -0.39 is 0 Å². The molecule has 0 aliphatic rings. The topological polar surface area (TPSA) is 59.5 Å². The lowest BCUT2D eigenvalue weighted by atomic mass is 10.3. The molecule has 0 bridgehead atoms. The van der Waals surface area contributed by atoms with Crippen molar-refractivity contribution in [2.75, 3.05) is 17.6 Å². The molecule has 0 aliphatic carbocycles. The minimum absolute atomic E-state index is 0.148. The number of carbonyl (C=O) groups is 1. The fourth-order valence-electron chi connectivity index (χ4n) is 0.839. The van der Waals surface area contributed by atoms with E-state index in [1.807, 2.05) is 0 Å². The van der Waals surface area contributed by atoms with Crippen LogP contribution in [0.2, 0.25) is 0 Å². The zero-order valence-corrected chi connectivity index (χ0v) is 6.95. The Morgan fingerprint density at radius 2 is 2.08 bits per heavy atom. The number of benzene rings is 1. The van der Waals surface area contributed by atoms with Crippen molar-refractivity contribution >= 4 is 17.3 Å². The highest BCUT2D eigenvalue weighted by Crippen LogP contribution is 2.09. The van der Waals surface area contributed by atoms with E-state index in [-0.39, 0.29) is 12.5 Å². The molecular formula is C9H9N3O. The highest BCUT2D eigenvalue weighted by molar-refractivity contribution is 5.93. The van der Waals surface area contributed by atoms with Gasteiger partial charge in [0, 0.05) is 11.4 Å². The molecule has 0 unspecified atom stereocenters. The maximum atomic E-state index is 10.9. The van der Waals surface area contributed by atoms with E-state index in [9.17, 15) is 4.79 Å². The molecular weight excluding hydrogens is 166 g/mol. The van der Waals surface area contributed by atoms with Gasteiger partial charge in [0.15, 0.2) is 0 Å². The summed E-state index contributed by atoms with van der Waals surface area (Å²) in [5, 5.41) is 2.56. The number of nitrogens with two attached hydrogens (primary N) is 1. The molecule has 0 spiro atoms. The molecule has 0 fully saturated rings. The lowest BCUT2D eigenvalue weighted by Crippen LogP contribution is -2.13. The Kier molecular flexibility index (Phi) is 2.87. The first-order valence-electron chi connectivity index (χ1n) is 3.71. The van der Waals surface area contributed by atoms with Gasteiger partial charge in [0.25, 0.3) is 6.54 Å². The predicted octanol–water partition coefficient (Wildman–Crippen LogP) is 1.13. The summed E-state index contributed by atoms with van der Waals surface area (Å²) in [4.78, 5) is 13.9. The molecule has 66 valence electrons. The third-order valence-electron chi connectivity index (χ3n) is 1.42. The van der Waals surface area contributed by atoms with Crippen LogP contribution in [-0.2, 0) is 4.79 Å². The van der Waals surface area contributed by atoms with Gasteiger partial charge >= 0.3 is 5.91 Å².